The number of carbonyl (C=O) groups excluding carboxylic acids is 1. The molecule has 0 saturated heterocycles. The lowest BCUT2D eigenvalue weighted by molar-refractivity contribution is -0.142. The van der Waals surface area contributed by atoms with Crippen molar-refractivity contribution in [2.45, 2.75) is 25.9 Å². The van der Waals surface area contributed by atoms with E-state index in [1.54, 1.807) is 11.3 Å². The smallest absolute Gasteiger partial charge is 0.327 e. The number of carboxylic acid groups (broad SMARTS) is 1. The first-order chi connectivity index (χ1) is 8.56. The van der Waals surface area contributed by atoms with E-state index >= 15 is 0 Å². The number of fused-ring (bicyclic) bond motifs is 1. The minimum Gasteiger partial charge on any atom is -0.480 e. The van der Waals surface area contributed by atoms with E-state index in [2.05, 4.69) is 21.7 Å². The fourth-order valence-electron chi connectivity index (χ4n) is 2.15. The zero-order valence-corrected chi connectivity index (χ0v) is 11.0. The second-order valence-corrected chi connectivity index (χ2v) is 5.45. The van der Waals surface area contributed by atoms with Gasteiger partial charge in [-0.15, -0.1) is 11.3 Å². The molecule has 18 heavy (non-hydrogen) atoms. The summed E-state index contributed by atoms with van der Waals surface area (Å²) >= 11 is 1.75. The molecule has 1 unspecified atom stereocenters. The number of hydrogen-bond donors (Lipinski definition) is 2. The molecule has 0 saturated carbocycles. The van der Waals surface area contributed by atoms with Crippen LogP contribution >= 0.6 is 11.3 Å². The summed E-state index contributed by atoms with van der Waals surface area (Å²) in [6.07, 6.45) is 0.958. The van der Waals surface area contributed by atoms with Crippen LogP contribution in [0.2, 0.25) is 0 Å². The summed E-state index contributed by atoms with van der Waals surface area (Å²) in [5, 5.41) is 13.6. The zero-order valence-electron chi connectivity index (χ0n) is 10.2. The fourth-order valence-corrected chi connectivity index (χ4v) is 3.04. The molecule has 1 aromatic rings. The maximum absolute atomic E-state index is 11.1. The maximum Gasteiger partial charge on any atom is 0.327 e. The van der Waals surface area contributed by atoms with Gasteiger partial charge in [0.1, 0.15) is 6.04 Å². The third-order valence-electron chi connectivity index (χ3n) is 3.00. The SMILES string of the molecule is CC(=O)NC(CN1CCc2sccc2C1)C(=O)O. The van der Waals surface area contributed by atoms with Gasteiger partial charge < -0.3 is 10.4 Å². The topological polar surface area (TPSA) is 69.6 Å². The molecule has 0 aromatic carbocycles. The van der Waals surface area contributed by atoms with Crippen LogP contribution in [0.4, 0.5) is 0 Å². The molecule has 6 heteroatoms. The standard InChI is InChI=1S/C12H16N2O3S/c1-8(15)13-10(12(16)17)7-14-4-2-11-9(6-14)3-5-18-11/h3,5,10H,2,4,6-7H2,1H3,(H,13,15)(H,16,17). The molecule has 5 nitrogen and oxygen atoms in total. The first-order valence-electron chi connectivity index (χ1n) is 5.84. The second kappa shape index (κ2) is 5.49. The van der Waals surface area contributed by atoms with Gasteiger partial charge in [0.2, 0.25) is 5.91 Å². The molecule has 2 heterocycles. The lowest BCUT2D eigenvalue weighted by Crippen LogP contribution is -2.48. The molecule has 0 radical (unpaired) electrons. The average Bonchev–Trinajstić information content (AvgIpc) is 2.74. The highest BCUT2D eigenvalue weighted by Gasteiger charge is 2.24. The largest absolute Gasteiger partial charge is 0.480 e. The number of amides is 1. The molecular formula is C12H16N2O3S. The van der Waals surface area contributed by atoms with Crippen LogP contribution in [0.1, 0.15) is 17.4 Å². The van der Waals surface area contributed by atoms with Gasteiger partial charge in [0.25, 0.3) is 0 Å². The Labute approximate surface area is 109 Å². The van der Waals surface area contributed by atoms with Crippen LogP contribution in [0.15, 0.2) is 11.4 Å². The van der Waals surface area contributed by atoms with Crippen molar-refractivity contribution in [2.24, 2.45) is 0 Å². The molecular weight excluding hydrogens is 252 g/mol. The highest BCUT2D eigenvalue weighted by atomic mass is 32.1. The number of carboxylic acids is 1. The Morgan fingerprint density at radius 2 is 2.39 bits per heavy atom. The third kappa shape index (κ3) is 3.08. The van der Waals surface area contributed by atoms with E-state index in [9.17, 15) is 9.59 Å². The molecule has 0 spiro atoms. The summed E-state index contributed by atoms with van der Waals surface area (Å²) < 4.78 is 0. The highest BCUT2D eigenvalue weighted by Crippen LogP contribution is 2.23. The van der Waals surface area contributed by atoms with E-state index in [-0.39, 0.29) is 5.91 Å². The summed E-state index contributed by atoms with van der Waals surface area (Å²) in [4.78, 5) is 25.5. The third-order valence-corrected chi connectivity index (χ3v) is 4.03. The molecule has 2 N–H and O–H groups in total. The predicted molar refractivity (Wildman–Crippen MR) is 68.5 cm³/mol. The summed E-state index contributed by atoms with van der Waals surface area (Å²) in [6.45, 7) is 3.30. The van der Waals surface area contributed by atoms with E-state index in [1.807, 2.05) is 0 Å². The van der Waals surface area contributed by atoms with Crippen LogP contribution in [0, 0.1) is 0 Å². The van der Waals surface area contributed by atoms with Gasteiger partial charge in [-0.25, -0.2) is 4.79 Å². The van der Waals surface area contributed by atoms with Crippen molar-refractivity contribution in [3.63, 3.8) is 0 Å². The van der Waals surface area contributed by atoms with Gasteiger partial charge in [-0.2, -0.15) is 0 Å². The number of hydrogen-bond acceptors (Lipinski definition) is 4. The second-order valence-electron chi connectivity index (χ2n) is 4.45. The minimum absolute atomic E-state index is 0.310. The number of aliphatic carboxylic acids is 1. The molecule has 1 atom stereocenters. The van der Waals surface area contributed by atoms with Crippen molar-refractivity contribution in [3.05, 3.63) is 21.9 Å². The van der Waals surface area contributed by atoms with Crippen molar-refractivity contribution < 1.29 is 14.7 Å². The van der Waals surface area contributed by atoms with E-state index in [4.69, 9.17) is 5.11 Å². The zero-order chi connectivity index (χ0) is 13.1. The van der Waals surface area contributed by atoms with Gasteiger partial charge >= 0.3 is 5.97 Å². The van der Waals surface area contributed by atoms with Gasteiger partial charge in [0.05, 0.1) is 0 Å². The van der Waals surface area contributed by atoms with Gasteiger partial charge in [0.15, 0.2) is 0 Å². The number of carbonyl (C=O) groups is 2. The average molecular weight is 268 g/mol. The maximum atomic E-state index is 11.1. The monoisotopic (exact) mass is 268 g/mol. The van der Waals surface area contributed by atoms with E-state index in [0.29, 0.717) is 6.54 Å². The molecule has 98 valence electrons. The van der Waals surface area contributed by atoms with Gasteiger partial charge in [-0.05, 0) is 23.4 Å². The summed E-state index contributed by atoms with van der Waals surface area (Å²) in [7, 11) is 0. The molecule has 2 rings (SSSR count). The van der Waals surface area contributed by atoms with Crippen LogP contribution in [-0.2, 0) is 22.6 Å². The first-order valence-corrected chi connectivity index (χ1v) is 6.71. The molecule has 0 bridgehead atoms. The Kier molecular flexibility index (Phi) is 3.98. The Morgan fingerprint density at radius 1 is 1.61 bits per heavy atom. The van der Waals surface area contributed by atoms with Gasteiger partial charge in [-0.1, -0.05) is 0 Å². The van der Waals surface area contributed by atoms with Crippen LogP contribution < -0.4 is 5.32 Å². The molecule has 0 fully saturated rings. The molecule has 0 aliphatic carbocycles. The summed E-state index contributed by atoms with van der Waals surface area (Å²) in [5.74, 6) is -1.29. The summed E-state index contributed by atoms with van der Waals surface area (Å²) in [6, 6.07) is 1.25. The van der Waals surface area contributed by atoms with Crippen molar-refractivity contribution in [2.75, 3.05) is 13.1 Å². The summed E-state index contributed by atoms with van der Waals surface area (Å²) in [5.41, 5.74) is 1.28. The van der Waals surface area contributed by atoms with E-state index < -0.39 is 12.0 Å². The van der Waals surface area contributed by atoms with Crippen LogP contribution in [0.25, 0.3) is 0 Å². The Hall–Kier alpha value is -1.40. The number of rotatable bonds is 4. The minimum atomic E-state index is -0.985. The molecule has 1 amide bonds. The van der Waals surface area contributed by atoms with Crippen LogP contribution in [0.5, 0.6) is 0 Å². The molecule has 1 aromatic heterocycles. The van der Waals surface area contributed by atoms with Crippen molar-refractivity contribution in [1.29, 1.82) is 0 Å². The normalized spacial score (nSPS) is 16.9. The van der Waals surface area contributed by atoms with Gasteiger partial charge in [-0.3, -0.25) is 9.69 Å². The number of nitrogens with one attached hydrogen (secondary N) is 1. The Bertz CT molecular complexity index is 458. The Morgan fingerprint density at radius 3 is 3.06 bits per heavy atom. The van der Waals surface area contributed by atoms with Crippen LogP contribution in [-0.4, -0.2) is 41.0 Å². The highest BCUT2D eigenvalue weighted by molar-refractivity contribution is 7.10. The van der Waals surface area contributed by atoms with Crippen LogP contribution in [0.3, 0.4) is 0 Å². The molecule has 1 aliphatic heterocycles. The fraction of sp³-hybridized carbons (Fsp3) is 0.500. The van der Waals surface area contributed by atoms with Crippen molar-refractivity contribution >= 4 is 23.2 Å². The van der Waals surface area contributed by atoms with Crippen molar-refractivity contribution in [1.82, 2.24) is 10.2 Å². The van der Waals surface area contributed by atoms with E-state index in [1.165, 1.54) is 17.4 Å². The predicted octanol–water partition coefficient (Wildman–Crippen LogP) is 0.696. The first kappa shape index (κ1) is 13.0. The number of thiophene rings is 1. The van der Waals surface area contributed by atoms with Gasteiger partial charge in [0, 0.05) is 31.4 Å². The lowest BCUT2D eigenvalue weighted by Gasteiger charge is -2.29. The number of nitrogens with zero attached hydrogens (tertiary/aromatic N) is 1. The van der Waals surface area contributed by atoms with Crippen molar-refractivity contribution in [3.8, 4) is 0 Å². The molecule has 1 aliphatic rings. The quantitative estimate of drug-likeness (QED) is 0.843. The van der Waals surface area contributed by atoms with E-state index in [0.717, 1.165) is 19.5 Å². The Balaban J connectivity index is 1.97. The lowest BCUT2D eigenvalue weighted by atomic mass is 10.1.